The topological polar surface area (TPSA) is 19.4 Å². The number of alkyl halides is 3. The van der Waals surface area contributed by atoms with Crippen molar-refractivity contribution >= 4 is 17.4 Å². The third kappa shape index (κ3) is 3.30. The van der Waals surface area contributed by atoms with Gasteiger partial charge < -0.3 is 9.80 Å². The Hall–Kier alpha value is -1.01. The Labute approximate surface area is 115 Å². The highest BCUT2D eigenvalue weighted by Crippen LogP contribution is 2.33. The number of nitrogens with zero attached hydrogens (tertiary/aromatic N) is 3. The Balaban J connectivity index is 2.24. The van der Waals surface area contributed by atoms with Crippen molar-refractivity contribution in [3.63, 3.8) is 0 Å². The number of aromatic nitrogens is 1. The Morgan fingerprint density at radius 1 is 1.37 bits per heavy atom. The van der Waals surface area contributed by atoms with E-state index in [2.05, 4.69) is 9.88 Å². The number of halogens is 4. The summed E-state index contributed by atoms with van der Waals surface area (Å²) in [7, 11) is 3.92. The molecule has 1 aromatic heterocycles. The smallest absolute Gasteiger partial charge is 0.355 e. The summed E-state index contributed by atoms with van der Waals surface area (Å²) in [6.07, 6.45) is -3.50. The van der Waals surface area contributed by atoms with Gasteiger partial charge >= 0.3 is 6.18 Å². The molecule has 0 spiro atoms. The van der Waals surface area contributed by atoms with Crippen molar-refractivity contribution < 1.29 is 13.2 Å². The predicted molar refractivity (Wildman–Crippen MR) is 68.6 cm³/mol. The first-order valence-corrected chi connectivity index (χ1v) is 6.31. The molecule has 106 valence electrons. The predicted octanol–water partition coefficient (Wildman–Crippen LogP) is 2.89. The Morgan fingerprint density at radius 2 is 2.05 bits per heavy atom. The fourth-order valence-electron chi connectivity index (χ4n) is 2.18. The molecule has 0 aromatic carbocycles. The van der Waals surface area contributed by atoms with Crippen molar-refractivity contribution in [1.29, 1.82) is 0 Å². The number of anilines is 1. The van der Waals surface area contributed by atoms with Crippen molar-refractivity contribution in [3.05, 3.63) is 22.8 Å². The first-order chi connectivity index (χ1) is 8.77. The van der Waals surface area contributed by atoms with Crippen LogP contribution in [0.2, 0.25) is 5.15 Å². The highest BCUT2D eigenvalue weighted by molar-refractivity contribution is 6.29. The van der Waals surface area contributed by atoms with Crippen LogP contribution in [0.3, 0.4) is 0 Å². The second kappa shape index (κ2) is 5.17. The van der Waals surface area contributed by atoms with Gasteiger partial charge in [-0.3, -0.25) is 0 Å². The second-order valence-corrected chi connectivity index (χ2v) is 5.27. The van der Waals surface area contributed by atoms with Crippen LogP contribution >= 0.6 is 11.6 Å². The van der Waals surface area contributed by atoms with Crippen LogP contribution in [0.25, 0.3) is 0 Å². The molecule has 1 aromatic rings. The van der Waals surface area contributed by atoms with Crippen LogP contribution in [0.15, 0.2) is 12.1 Å². The molecule has 0 saturated carbocycles. The van der Waals surface area contributed by atoms with E-state index in [0.29, 0.717) is 24.9 Å². The van der Waals surface area contributed by atoms with Gasteiger partial charge in [0, 0.05) is 19.1 Å². The fourth-order valence-corrected chi connectivity index (χ4v) is 2.38. The lowest BCUT2D eigenvalue weighted by molar-refractivity contribution is -0.137. The van der Waals surface area contributed by atoms with E-state index in [4.69, 9.17) is 11.6 Å². The molecule has 0 aliphatic carbocycles. The summed E-state index contributed by atoms with van der Waals surface area (Å²) in [6, 6.07) is 2.24. The molecular formula is C12H15ClF3N3. The maximum absolute atomic E-state index is 12.7. The molecule has 1 aliphatic heterocycles. The molecular weight excluding hydrogens is 279 g/mol. The molecule has 3 nitrogen and oxygen atoms in total. The summed E-state index contributed by atoms with van der Waals surface area (Å²) in [6.45, 7) is 1.35. The van der Waals surface area contributed by atoms with Gasteiger partial charge in [0.15, 0.2) is 0 Å². The molecule has 2 rings (SSSR count). The van der Waals surface area contributed by atoms with E-state index >= 15 is 0 Å². The normalized spacial score (nSPS) is 20.4. The number of pyridine rings is 1. The minimum Gasteiger partial charge on any atom is -0.355 e. The first kappa shape index (κ1) is 14.4. The number of hydrogen-bond donors (Lipinski definition) is 0. The second-order valence-electron chi connectivity index (χ2n) is 4.89. The molecule has 0 radical (unpaired) electrons. The molecule has 1 saturated heterocycles. The summed E-state index contributed by atoms with van der Waals surface area (Å²) >= 11 is 5.69. The SMILES string of the molecule is CN(C)C1CCN(c2cc(C(F)(F)F)cc(Cl)n2)C1. The summed E-state index contributed by atoms with van der Waals surface area (Å²) in [4.78, 5) is 7.90. The van der Waals surface area contributed by atoms with E-state index in [1.807, 2.05) is 19.0 Å². The van der Waals surface area contributed by atoms with Crippen LogP contribution in [0.4, 0.5) is 19.0 Å². The molecule has 7 heteroatoms. The van der Waals surface area contributed by atoms with Crippen LogP contribution in [-0.2, 0) is 6.18 Å². The third-order valence-electron chi connectivity index (χ3n) is 3.33. The van der Waals surface area contributed by atoms with E-state index in [1.54, 1.807) is 0 Å². The van der Waals surface area contributed by atoms with Gasteiger partial charge in [-0.25, -0.2) is 4.98 Å². The summed E-state index contributed by atoms with van der Waals surface area (Å²) in [5, 5.41) is -0.127. The molecule has 0 amide bonds. The quantitative estimate of drug-likeness (QED) is 0.782. The van der Waals surface area contributed by atoms with E-state index in [-0.39, 0.29) is 5.15 Å². The van der Waals surface area contributed by atoms with Gasteiger partial charge in [0.1, 0.15) is 11.0 Å². The van der Waals surface area contributed by atoms with Crippen LogP contribution in [0.1, 0.15) is 12.0 Å². The number of rotatable bonds is 2. The van der Waals surface area contributed by atoms with Gasteiger partial charge in [-0.1, -0.05) is 11.6 Å². The third-order valence-corrected chi connectivity index (χ3v) is 3.52. The highest BCUT2D eigenvalue weighted by atomic mass is 35.5. The lowest BCUT2D eigenvalue weighted by Gasteiger charge is -2.21. The van der Waals surface area contributed by atoms with Gasteiger partial charge in [0.2, 0.25) is 0 Å². The highest BCUT2D eigenvalue weighted by Gasteiger charge is 2.33. The minimum atomic E-state index is -4.40. The van der Waals surface area contributed by atoms with Gasteiger partial charge in [-0.2, -0.15) is 13.2 Å². The zero-order valence-electron chi connectivity index (χ0n) is 10.7. The molecule has 19 heavy (non-hydrogen) atoms. The molecule has 2 heterocycles. The molecule has 0 bridgehead atoms. The van der Waals surface area contributed by atoms with Gasteiger partial charge in [0.05, 0.1) is 5.56 Å². The largest absolute Gasteiger partial charge is 0.416 e. The zero-order valence-corrected chi connectivity index (χ0v) is 11.5. The van der Waals surface area contributed by atoms with Crippen molar-refractivity contribution in [2.75, 3.05) is 32.1 Å². The lowest BCUT2D eigenvalue weighted by atomic mass is 10.2. The van der Waals surface area contributed by atoms with E-state index in [1.165, 1.54) is 0 Å². The Morgan fingerprint density at radius 3 is 2.58 bits per heavy atom. The molecule has 1 aliphatic rings. The molecule has 1 atom stereocenters. The van der Waals surface area contributed by atoms with Crippen molar-refractivity contribution in [3.8, 4) is 0 Å². The van der Waals surface area contributed by atoms with Gasteiger partial charge in [-0.15, -0.1) is 0 Å². The van der Waals surface area contributed by atoms with Gasteiger partial charge in [0.25, 0.3) is 0 Å². The minimum absolute atomic E-state index is 0.127. The van der Waals surface area contributed by atoms with Crippen LogP contribution in [0.5, 0.6) is 0 Å². The summed E-state index contributed by atoms with van der Waals surface area (Å²) in [5.41, 5.74) is -0.754. The number of likely N-dealkylation sites (N-methyl/N-ethyl adjacent to an activating group) is 1. The van der Waals surface area contributed by atoms with Crippen LogP contribution in [0, 0.1) is 0 Å². The maximum Gasteiger partial charge on any atom is 0.416 e. The lowest BCUT2D eigenvalue weighted by Crippen LogP contribution is -2.31. The monoisotopic (exact) mass is 293 g/mol. The standard InChI is InChI=1S/C12H15ClF3N3/c1-18(2)9-3-4-19(7-9)11-6-8(12(14,15)16)5-10(13)17-11/h5-6,9H,3-4,7H2,1-2H3. The summed E-state index contributed by atoms with van der Waals surface area (Å²) in [5.74, 6) is 0.296. The summed E-state index contributed by atoms with van der Waals surface area (Å²) < 4.78 is 38.2. The van der Waals surface area contributed by atoms with Crippen molar-refractivity contribution in [2.24, 2.45) is 0 Å². The van der Waals surface area contributed by atoms with E-state index in [0.717, 1.165) is 18.6 Å². The Bertz CT molecular complexity index is 462. The average Bonchev–Trinajstić information content (AvgIpc) is 2.76. The van der Waals surface area contributed by atoms with E-state index < -0.39 is 11.7 Å². The van der Waals surface area contributed by atoms with Crippen molar-refractivity contribution in [1.82, 2.24) is 9.88 Å². The maximum atomic E-state index is 12.7. The Kier molecular flexibility index (Phi) is 3.92. The molecule has 1 unspecified atom stereocenters. The first-order valence-electron chi connectivity index (χ1n) is 5.93. The van der Waals surface area contributed by atoms with Gasteiger partial charge in [-0.05, 0) is 32.6 Å². The zero-order chi connectivity index (χ0) is 14.2. The average molecular weight is 294 g/mol. The molecule has 1 fully saturated rings. The van der Waals surface area contributed by atoms with Crippen LogP contribution in [-0.4, -0.2) is 43.1 Å². The van der Waals surface area contributed by atoms with Crippen molar-refractivity contribution in [2.45, 2.75) is 18.6 Å². The fraction of sp³-hybridized carbons (Fsp3) is 0.583. The van der Waals surface area contributed by atoms with E-state index in [9.17, 15) is 13.2 Å². The van der Waals surface area contributed by atoms with Crippen LogP contribution < -0.4 is 4.90 Å². The molecule has 0 N–H and O–H groups in total. The number of hydrogen-bond acceptors (Lipinski definition) is 3.